The van der Waals surface area contributed by atoms with Crippen LogP contribution >= 0.6 is 11.3 Å². The van der Waals surface area contributed by atoms with Crippen LogP contribution in [0.15, 0.2) is 24.3 Å². The van der Waals surface area contributed by atoms with Crippen LogP contribution in [0.1, 0.15) is 50.0 Å². The molecule has 3 nitrogen and oxygen atoms in total. The molecule has 0 N–H and O–H groups in total. The van der Waals surface area contributed by atoms with E-state index in [0.717, 1.165) is 36.5 Å². The number of para-hydroxylation sites is 1. The SMILES string of the molecule is O=C(CCCc1nc2ccccc2s1)N1CCCCCCC1. The minimum absolute atomic E-state index is 0.336. The molecule has 1 aromatic carbocycles. The lowest BCUT2D eigenvalue weighted by Crippen LogP contribution is -2.33. The lowest BCUT2D eigenvalue weighted by atomic mass is 10.1. The van der Waals surface area contributed by atoms with Crippen LogP contribution in [0.3, 0.4) is 0 Å². The van der Waals surface area contributed by atoms with Gasteiger partial charge in [0.1, 0.15) is 0 Å². The Kier molecular flexibility index (Phi) is 5.43. The summed E-state index contributed by atoms with van der Waals surface area (Å²) < 4.78 is 1.24. The van der Waals surface area contributed by atoms with Gasteiger partial charge in [-0.1, -0.05) is 31.4 Å². The molecule has 1 aromatic heterocycles. The lowest BCUT2D eigenvalue weighted by molar-refractivity contribution is -0.131. The maximum atomic E-state index is 12.3. The number of hydrogen-bond acceptors (Lipinski definition) is 3. The average Bonchev–Trinajstić information content (AvgIpc) is 2.89. The Bertz CT molecular complexity index is 581. The van der Waals surface area contributed by atoms with Crippen LogP contribution in [0.2, 0.25) is 0 Å². The minimum Gasteiger partial charge on any atom is -0.343 e. The standard InChI is InChI=1S/C18H24N2OS/c21-18(20-13-6-2-1-3-7-14-20)12-8-11-17-19-15-9-4-5-10-16(15)22-17/h4-5,9-10H,1-3,6-8,11-14H2. The van der Waals surface area contributed by atoms with E-state index in [1.165, 1.54) is 36.8 Å². The van der Waals surface area contributed by atoms with Crippen molar-refractivity contribution in [1.82, 2.24) is 9.88 Å². The van der Waals surface area contributed by atoms with E-state index in [9.17, 15) is 4.79 Å². The number of amides is 1. The van der Waals surface area contributed by atoms with Gasteiger partial charge in [-0.05, 0) is 37.8 Å². The third kappa shape index (κ3) is 4.07. The highest BCUT2D eigenvalue weighted by atomic mass is 32.1. The molecule has 118 valence electrons. The molecule has 0 unspecified atom stereocenters. The molecule has 2 aromatic rings. The van der Waals surface area contributed by atoms with Crippen molar-refractivity contribution in [2.24, 2.45) is 0 Å². The van der Waals surface area contributed by atoms with Gasteiger partial charge in [0.2, 0.25) is 5.91 Å². The number of benzene rings is 1. The molecule has 22 heavy (non-hydrogen) atoms. The Balaban J connectivity index is 1.48. The van der Waals surface area contributed by atoms with Crippen molar-refractivity contribution < 1.29 is 4.79 Å². The number of aryl methyl sites for hydroxylation is 1. The van der Waals surface area contributed by atoms with Gasteiger partial charge in [-0.2, -0.15) is 0 Å². The Morgan fingerprint density at radius 1 is 1.09 bits per heavy atom. The number of aromatic nitrogens is 1. The Labute approximate surface area is 136 Å². The number of rotatable bonds is 4. The number of hydrogen-bond donors (Lipinski definition) is 0. The average molecular weight is 316 g/mol. The highest BCUT2D eigenvalue weighted by molar-refractivity contribution is 7.18. The molecule has 1 aliphatic heterocycles. The molecule has 4 heteroatoms. The second-order valence-corrected chi connectivity index (χ2v) is 7.19. The summed E-state index contributed by atoms with van der Waals surface area (Å²) in [5.41, 5.74) is 1.08. The van der Waals surface area contributed by atoms with Crippen molar-refractivity contribution >= 4 is 27.5 Å². The number of likely N-dealkylation sites (tertiary alicyclic amines) is 1. The summed E-state index contributed by atoms with van der Waals surface area (Å²) in [5, 5.41) is 1.15. The van der Waals surface area contributed by atoms with Crippen LogP contribution in [-0.2, 0) is 11.2 Å². The van der Waals surface area contributed by atoms with Crippen LogP contribution in [0.25, 0.3) is 10.2 Å². The van der Waals surface area contributed by atoms with E-state index >= 15 is 0 Å². The quantitative estimate of drug-likeness (QED) is 0.837. The summed E-state index contributed by atoms with van der Waals surface area (Å²) in [6.07, 6.45) is 8.71. The highest BCUT2D eigenvalue weighted by Gasteiger charge is 2.14. The third-order valence-corrected chi connectivity index (χ3v) is 5.42. The number of carbonyl (C=O) groups is 1. The molecule has 1 aliphatic rings. The van der Waals surface area contributed by atoms with Crippen LogP contribution in [0, 0.1) is 0 Å². The zero-order chi connectivity index (χ0) is 15.2. The van der Waals surface area contributed by atoms with Crippen molar-refractivity contribution in [1.29, 1.82) is 0 Å². The first-order valence-corrected chi connectivity index (χ1v) is 9.27. The second-order valence-electron chi connectivity index (χ2n) is 6.08. The van der Waals surface area contributed by atoms with E-state index in [1.54, 1.807) is 11.3 Å². The summed E-state index contributed by atoms with van der Waals surface area (Å²) >= 11 is 1.75. The molecule has 0 radical (unpaired) electrons. The van der Waals surface area contributed by atoms with Crippen molar-refractivity contribution in [3.63, 3.8) is 0 Å². The predicted molar refractivity (Wildman–Crippen MR) is 92.2 cm³/mol. The zero-order valence-electron chi connectivity index (χ0n) is 13.1. The number of thiazole rings is 1. The maximum Gasteiger partial charge on any atom is 0.222 e. The van der Waals surface area contributed by atoms with Gasteiger partial charge in [-0.15, -0.1) is 11.3 Å². The van der Waals surface area contributed by atoms with Crippen LogP contribution < -0.4 is 0 Å². The molecule has 1 amide bonds. The first-order valence-electron chi connectivity index (χ1n) is 8.45. The number of fused-ring (bicyclic) bond motifs is 1. The van der Waals surface area contributed by atoms with Gasteiger partial charge in [0.05, 0.1) is 15.2 Å². The largest absolute Gasteiger partial charge is 0.343 e. The van der Waals surface area contributed by atoms with Crippen molar-refractivity contribution in [3.05, 3.63) is 29.3 Å². The van der Waals surface area contributed by atoms with E-state index in [4.69, 9.17) is 0 Å². The lowest BCUT2D eigenvalue weighted by Gasteiger charge is -2.24. The molecule has 1 fully saturated rings. The summed E-state index contributed by atoms with van der Waals surface area (Å²) in [6, 6.07) is 8.25. The molecular formula is C18H24N2OS. The van der Waals surface area contributed by atoms with E-state index in [2.05, 4.69) is 28.1 Å². The fraction of sp³-hybridized carbons (Fsp3) is 0.556. The molecule has 0 aliphatic carbocycles. The highest BCUT2D eigenvalue weighted by Crippen LogP contribution is 2.23. The van der Waals surface area contributed by atoms with E-state index in [-0.39, 0.29) is 0 Å². The van der Waals surface area contributed by atoms with Gasteiger partial charge in [-0.25, -0.2) is 4.98 Å². The van der Waals surface area contributed by atoms with Crippen molar-refractivity contribution in [2.45, 2.75) is 51.4 Å². The molecule has 1 saturated heterocycles. The van der Waals surface area contributed by atoms with Crippen LogP contribution in [0.5, 0.6) is 0 Å². The monoisotopic (exact) mass is 316 g/mol. The van der Waals surface area contributed by atoms with Gasteiger partial charge in [0.25, 0.3) is 0 Å². The van der Waals surface area contributed by atoms with Gasteiger partial charge in [0, 0.05) is 19.5 Å². The second kappa shape index (κ2) is 7.73. The number of nitrogens with zero attached hydrogens (tertiary/aromatic N) is 2. The topological polar surface area (TPSA) is 33.2 Å². The predicted octanol–water partition coefficient (Wildman–Crippen LogP) is 4.41. The third-order valence-electron chi connectivity index (χ3n) is 4.33. The van der Waals surface area contributed by atoms with Crippen molar-refractivity contribution in [2.75, 3.05) is 13.1 Å². The molecule has 0 saturated carbocycles. The van der Waals surface area contributed by atoms with Gasteiger partial charge >= 0.3 is 0 Å². The van der Waals surface area contributed by atoms with Gasteiger partial charge < -0.3 is 4.90 Å². The molecule has 2 heterocycles. The summed E-state index contributed by atoms with van der Waals surface area (Å²) in [6.45, 7) is 1.92. The van der Waals surface area contributed by atoms with E-state index in [0.29, 0.717) is 12.3 Å². The zero-order valence-corrected chi connectivity index (χ0v) is 13.9. The van der Waals surface area contributed by atoms with Gasteiger partial charge in [0.15, 0.2) is 0 Å². The normalized spacial score (nSPS) is 16.5. The molecule has 3 rings (SSSR count). The smallest absolute Gasteiger partial charge is 0.222 e. The molecule has 0 spiro atoms. The van der Waals surface area contributed by atoms with Crippen LogP contribution in [-0.4, -0.2) is 28.9 Å². The minimum atomic E-state index is 0.336. The maximum absolute atomic E-state index is 12.3. The first kappa shape index (κ1) is 15.5. The van der Waals surface area contributed by atoms with E-state index in [1.807, 2.05) is 6.07 Å². The van der Waals surface area contributed by atoms with Crippen LogP contribution in [0.4, 0.5) is 0 Å². The molecule has 0 bridgehead atoms. The summed E-state index contributed by atoms with van der Waals surface area (Å²) in [7, 11) is 0. The first-order chi connectivity index (χ1) is 10.8. The van der Waals surface area contributed by atoms with Gasteiger partial charge in [-0.3, -0.25) is 4.79 Å². The fourth-order valence-electron chi connectivity index (χ4n) is 3.07. The Morgan fingerprint density at radius 3 is 2.59 bits per heavy atom. The Hall–Kier alpha value is -1.42. The fourth-order valence-corrected chi connectivity index (χ4v) is 4.08. The summed E-state index contributed by atoms with van der Waals surface area (Å²) in [4.78, 5) is 19.1. The molecular weight excluding hydrogens is 292 g/mol. The van der Waals surface area contributed by atoms with Crippen molar-refractivity contribution in [3.8, 4) is 0 Å². The van der Waals surface area contributed by atoms with E-state index < -0.39 is 0 Å². The molecule has 0 atom stereocenters. The number of carbonyl (C=O) groups excluding carboxylic acids is 1. The Morgan fingerprint density at radius 2 is 1.82 bits per heavy atom. The summed E-state index contributed by atoms with van der Waals surface area (Å²) in [5.74, 6) is 0.336.